The van der Waals surface area contributed by atoms with E-state index in [1.807, 2.05) is 24.3 Å². The first-order valence-electron chi connectivity index (χ1n) is 8.19. The first-order chi connectivity index (χ1) is 10.2. The smallest absolute Gasteiger partial charge is 0.161 e. The molecule has 1 aliphatic carbocycles. The van der Waals surface area contributed by atoms with E-state index in [0.29, 0.717) is 6.61 Å². The number of ether oxygens (including phenoxy) is 2. The summed E-state index contributed by atoms with van der Waals surface area (Å²) < 4.78 is 11.2. The van der Waals surface area contributed by atoms with Gasteiger partial charge in [0.2, 0.25) is 0 Å². The topological polar surface area (TPSA) is 44.5 Å². The number of hydrogen-bond donors (Lipinski definition) is 1. The van der Waals surface area contributed by atoms with Gasteiger partial charge in [-0.3, -0.25) is 0 Å². The van der Waals surface area contributed by atoms with Gasteiger partial charge in [0.05, 0.1) is 13.7 Å². The van der Waals surface area contributed by atoms with Crippen LogP contribution in [0.2, 0.25) is 0 Å². The predicted octanol–water partition coefficient (Wildman–Crippen LogP) is 4.01. The summed E-state index contributed by atoms with van der Waals surface area (Å²) in [7, 11) is 1.68. The lowest BCUT2D eigenvalue weighted by Crippen LogP contribution is -2.36. The summed E-state index contributed by atoms with van der Waals surface area (Å²) in [5.74, 6) is 2.53. The van der Waals surface area contributed by atoms with Gasteiger partial charge in [0.25, 0.3) is 0 Å². The molecule has 2 N–H and O–H groups in total. The second-order valence-electron chi connectivity index (χ2n) is 6.31. The average Bonchev–Trinajstić information content (AvgIpc) is 2.56. The third kappa shape index (κ3) is 4.13. The van der Waals surface area contributed by atoms with Crippen LogP contribution in [-0.2, 0) is 0 Å². The van der Waals surface area contributed by atoms with Gasteiger partial charge in [0.1, 0.15) is 0 Å². The maximum Gasteiger partial charge on any atom is 0.161 e. The summed E-state index contributed by atoms with van der Waals surface area (Å²) in [6.45, 7) is 3.79. The maximum atomic E-state index is 6.08. The molecule has 0 aromatic heterocycles. The monoisotopic (exact) mass is 291 g/mol. The summed E-state index contributed by atoms with van der Waals surface area (Å²) in [6.07, 6.45) is 7.48. The van der Waals surface area contributed by atoms with Crippen molar-refractivity contribution < 1.29 is 9.47 Å². The highest BCUT2D eigenvalue weighted by Gasteiger charge is 2.33. The van der Waals surface area contributed by atoms with E-state index in [1.165, 1.54) is 32.1 Å². The van der Waals surface area contributed by atoms with E-state index in [2.05, 4.69) is 6.92 Å². The summed E-state index contributed by atoms with van der Waals surface area (Å²) in [5, 5.41) is 0. The zero-order valence-corrected chi connectivity index (χ0v) is 13.4. The largest absolute Gasteiger partial charge is 0.493 e. The molecule has 0 aliphatic heterocycles. The van der Waals surface area contributed by atoms with Gasteiger partial charge < -0.3 is 15.2 Å². The highest BCUT2D eigenvalue weighted by molar-refractivity contribution is 5.39. The molecule has 2 rings (SSSR count). The highest BCUT2D eigenvalue weighted by Crippen LogP contribution is 2.42. The van der Waals surface area contributed by atoms with Crippen LogP contribution in [0.5, 0.6) is 11.5 Å². The Hall–Kier alpha value is -1.22. The summed E-state index contributed by atoms with van der Waals surface area (Å²) >= 11 is 0. The molecule has 1 aromatic carbocycles. The lowest BCUT2D eigenvalue weighted by molar-refractivity contribution is 0.116. The molecule has 3 heteroatoms. The van der Waals surface area contributed by atoms with Crippen LogP contribution in [0.15, 0.2) is 24.3 Å². The van der Waals surface area contributed by atoms with Gasteiger partial charge in [-0.2, -0.15) is 0 Å². The van der Waals surface area contributed by atoms with Crippen molar-refractivity contribution in [2.24, 2.45) is 17.1 Å². The molecule has 1 saturated carbocycles. The van der Waals surface area contributed by atoms with Gasteiger partial charge in [-0.1, -0.05) is 25.5 Å². The summed E-state index contributed by atoms with van der Waals surface area (Å²) in [5.41, 5.74) is 6.37. The van der Waals surface area contributed by atoms with Gasteiger partial charge >= 0.3 is 0 Å². The van der Waals surface area contributed by atoms with E-state index < -0.39 is 0 Å². The number of nitrogens with two attached hydrogens (primary N) is 1. The Morgan fingerprint density at radius 1 is 1.19 bits per heavy atom. The molecule has 1 fully saturated rings. The average molecular weight is 291 g/mol. The molecule has 0 amide bonds. The minimum atomic E-state index is 0.285. The molecule has 0 spiro atoms. The van der Waals surface area contributed by atoms with Gasteiger partial charge in [0.15, 0.2) is 11.5 Å². The fourth-order valence-corrected chi connectivity index (χ4v) is 3.37. The highest BCUT2D eigenvalue weighted by atomic mass is 16.5. The van der Waals surface area contributed by atoms with Crippen molar-refractivity contribution in [2.75, 3.05) is 20.3 Å². The summed E-state index contributed by atoms with van der Waals surface area (Å²) in [4.78, 5) is 0. The van der Waals surface area contributed by atoms with Gasteiger partial charge in [-0.05, 0) is 62.1 Å². The maximum absolute atomic E-state index is 6.08. The van der Waals surface area contributed by atoms with Crippen molar-refractivity contribution in [3.63, 3.8) is 0 Å². The zero-order valence-electron chi connectivity index (χ0n) is 13.4. The van der Waals surface area contributed by atoms with E-state index in [-0.39, 0.29) is 5.41 Å². The lowest BCUT2D eigenvalue weighted by Gasteiger charge is -2.39. The second kappa shape index (κ2) is 7.69. The molecule has 118 valence electrons. The fourth-order valence-electron chi connectivity index (χ4n) is 3.37. The van der Waals surface area contributed by atoms with Crippen LogP contribution in [-0.4, -0.2) is 20.3 Å². The first-order valence-corrected chi connectivity index (χ1v) is 8.19. The molecule has 0 heterocycles. The number of para-hydroxylation sites is 2. The first kappa shape index (κ1) is 16.2. The molecule has 1 aromatic rings. The van der Waals surface area contributed by atoms with Crippen LogP contribution >= 0.6 is 0 Å². The molecule has 21 heavy (non-hydrogen) atoms. The molecule has 3 nitrogen and oxygen atoms in total. The Morgan fingerprint density at radius 3 is 2.43 bits per heavy atom. The van der Waals surface area contributed by atoms with Crippen molar-refractivity contribution >= 4 is 0 Å². The third-order valence-electron chi connectivity index (χ3n) is 5.14. The molecule has 0 atom stereocenters. The van der Waals surface area contributed by atoms with Crippen molar-refractivity contribution in [3.05, 3.63) is 24.3 Å². The molecule has 0 bridgehead atoms. The van der Waals surface area contributed by atoms with Crippen LogP contribution < -0.4 is 15.2 Å². The van der Waals surface area contributed by atoms with E-state index in [9.17, 15) is 0 Å². The minimum Gasteiger partial charge on any atom is -0.493 e. The summed E-state index contributed by atoms with van der Waals surface area (Å²) in [6, 6.07) is 7.82. The van der Waals surface area contributed by atoms with Crippen LogP contribution in [0, 0.1) is 11.3 Å². The van der Waals surface area contributed by atoms with Crippen LogP contribution in [0.3, 0.4) is 0 Å². The van der Waals surface area contributed by atoms with E-state index in [4.69, 9.17) is 15.2 Å². The molecule has 0 unspecified atom stereocenters. The Balaban J connectivity index is 1.86. The number of rotatable bonds is 7. The van der Waals surface area contributed by atoms with Crippen molar-refractivity contribution in [3.8, 4) is 11.5 Å². The fraction of sp³-hybridized carbons (Fsp3) is 0.667. The molecular weight excluding hydrogens is 262 g/mol. The standard InChI is InChI=1S/C18H29NO2/c1-3-15-8-10-18(14-19,11-9-15)12-13-21-17-7-5-4-6-16(17)20-2/h4-7,15H,3,8-14,19H2,1-2H3. The number of benzene rings is 1. The van der Waals surface area contributed by atoms with Gasteiger partial charge in [0, 0.05) is 0 Å². The van der Waals surface area contributed by atoms with Gasteiger partial charge in [-0.25, -0.2) is 0 Å². The predicted molar refractivity (Wildman–Crippen MR) is 86.8 cm³/mol. The van der Waals surface area contributed by atoms with Crippen molar-refractivity contribution in [2.45, 2.75) is 45.4 Å². The second-order valence-corrected chi connectivity index (χ2v) is 6.31. The zero-order chi connectivity index (χ0) is 15.1. The molecule has 1 aliphatic rings. The van der Waals surface area contributed by atoms with Crippen LogP contribution in [0.25, 0.3) is 0 Å². The Morgan fingerprint density at radius 2 is 1.86 bits per heavy atom. The van der Waals surface area contributed by atoms with Crippen LogP contribution in [0.1, 0.15) is 45.4 Å². The quantitative estimate of drug-likeness (QED) is 0.825. The lowest BCUT2D eigenvalue weighted by atomic mass is 9.68. The Labute approximate surface area is 128 Å². The van der Waals surface area contributed by atoms with E-state index >= 15 is 0 Å². The van der Waals surface area contributed by atoms with Crippen LogP contribution in [0.4, 0.5) is 0 Å². The third-order valence-corrected chi connectivity index (χ3v) is 5.14. The van der Waals surface area contributed by atoms with Crippen molar-refractivity contribution in [1.82, 2.24) is 0 Å². The SMILES string of the molecule is CCC1CCC(CN)(CCOc2ccccc2OC)CC1. The molecule has 0 radical (unpaired) electrons. The minimum absolute atomic E-state index is 0.285. The molecule has 0 saturated heterocycles. The van der Waals surface area contributed by atoms with E-state index in [0.717, 1.165) is 30.4 Å². The molecular formula is C18H29NO2. The van der Waals surface area contributed by atoms with E-state index in [1.54, 1.807) is 7.11 Å². The Kier molecular flexibility index (Phi) is 5.92. The number of hydrogen-bond acceptors (Lipinski definition) is 3. The normalized spacial score (nSPS) is 25.6. The Bertz CT molecular complexity index is 425. The number of methoxy groups -OCH3 is 1. The van der Waals surface area contributed by atoms with Crippen molar-refractivity contribution in [1.29, 1.82) is 0 Å². The van der Waals surface area contributed by atoms with Gasteiger partial charge in [-0.15, -0.1) is 0 Å².